The van der Waals surface area contributed by atoms with Crippen LogP contribution in [0.1, 0.15) is 26.3 Å². The monoisotopic (exact) mass is 500 g/mol. The highest BCUT2D eigenvalue weighted by molar-refractivity contribution is 9.10. The standard InChI is InChI=1S/C22H14BrClN2O5/c23-16-4-8-18(31-22(28)13-1-5-17(24)6-2-13)15(9-16)11-25-26-21(27)14-3-7-19-20(10-14)30-12-29-19/h1-11H,12H2,(H,26,27)/b25-11-. The number of fused-ring (bicyclic) bond motifs is 1. The van der Waals surface area contributed by atoms with Crippen molar-refractivity contribution in [3.63, 3.8) is 0 Å². The summed E-state index contributed by atoms with van der Waals surface area (Å²) in [5.41, 5.74) is 3.65. The summed E-state index contributed by atoms with van der Waals surface area (Å²) in [6, 6.07) is 16.3. The first-order chi connectivity index (χ1) is 15.0. The zero-order chi connectivity index (χ0) is 21.8. The van der Waals surface area contributed by atoms with E-state index < -0.39 is 11.9 Å². The second-order valence-electron chi connectivity index (χ2n) is 6.35. The van der Waals surface area contributed by atoms with Gasteiger partial charge in [0, 0.05) is 20.6 Å². The minimum Gasteiger partial charge on any atom is -0.454 e. The molecule has 1 aliphatic rings. The number of carbonyl (C=O) groups excluding carboxylic acids is 2. The van der Waals surface area contributed by atoms with Crippen molar-refractivity contribution in [1.29, 1.82) is 0 Å². The van der Waals surface area contributed by atoms with Crippen LogP contribution in [0.25, 0.3) is 0 Å². The van der Waals surface area contributed by atoms with E-state index in [-0.39, 0.29) is 12.5 Å². The second-order valence-corrected chi connectivity index (χ2v) is 7.70. The van der Waals surface area contributed by atoms with Gasteiger partial charge in [-0.25, -0.2) is 10.2 Å². The summed E-state index contributed by atoms with van der Waals surface area (Å²) in [7, 11) is 0. The van der Waals surface area contributed by atoms with Crippen LogP contribution in [0.3, 0.4) is 0 Å². The van der Waals surface area contributed by atoms with Gasteiger partial charge in [-0.1, -0.05) is 27.5 Å². The lowest BCUT2D eigenvalue weighted by Gasteiger charge is -2.08. The van der Waals surface area contributed by atoms with Crippen LogP contribution in [0.2, 0.25) is 5.02 Å². The fourth-order valence-corrected chi connectivity index (χ4v) is 3.23. The number of halogens is 2. The molecule has 0 unspecified atom stereocenters. The predicted octanol–water partition coefficient (Wildman–Crippen LogP) is 4.81. The van der Waals surface area contributed by atoms with Crippen molar-refractivity contribution in [3.8, 4) is 17.2 Å². The van der Waals surface area contributed by atoms with Gasteiger partial charge in [-0.3, -0.25) is 4.79 Å². The van der Waals surface area contributed by atoms with Gasteiger partial charge in [0.2, 0.25) is 6.79 Å². The number of nitrogens with zero attached hydrogens (tertiary/aromatic N) is 1. The van der Waals surface area contributed by atoms with E-state index in [1.807, 2.05) is 0 Å². The normalized spacial score (nSPS) is 12.1. The Hall–Kier alpha value is -3.36. The molecule has 0 radical (unpaired) electrons. The molecule has 1 amide bonds. The first kappa shape index (κ1) is 20.9. The highest BCUT2D eigenvalue weighted by atomic mass is 79.9. The van der Waals surface area contributed by atoms with E-state index in [1.165, 1.54) is 6.21 Å². The second kappa shape index (κ2) is 9.20. The Morgan fingerprint density at radius 3 is 2.55 bits per heavy atom. The molecule has 0 saturated heterocycles. The molecule has 0 spiro atoms. The van der Waals surface area contributed by atoms with Crippen molar-refractivity contribution >= 4 is 45.6 Å². The quantitative estimate of drug-likeness (QED) is 0.235. The Kier molecular flexibility index (Phi) is 6.20. The Morgan fingerprint density at radius 1 is 1.00 bits per heavy atom. The number of nitrogens with one attached hydrogen (secondary N) is 1. The van der Waals surface area contributed by atoms with E-state index in [9.17, 15) is 9.59 Å². The zero-order valence-corrected chi connectivity index (χ0v) is 18.1. The van der Waals surface area contributed by atoms with E-state index in [4.69, 9.17) is 25.8 Å². The van der Waals surface area contributed by atoms with Crippen molar-refractivity contribution in [2.75, 3.05) is 6.79 Å². The number of esters is 1. The maximum absolute atomic E-state index is 12.4. The summed E-state index contributed by atoms with van der Waals surface area (Å²) in [4.78, 5) is 24.8. The fourth-order valence-electron chi connectivity index (χ4n) is 2.72. The van der Waals surface area contributed by atoms with Crippen LogP contribution < -0.4 is 19.6 Å². The van der Waals surface area contributed by atoms with Gasteiger partial charge in [-0.2, -0.15) is 5.10 Å². The number of ether oxygens (including phenoxy) is 3. The number of rotatable bonds is 5. The number of hydrogen-bond donors (Lipinski definition) is 1. The molecule has 1 heterocycles. The van der Waals surface area contributed by atoms with Crippen LogP contribution in [-0.4, -0.2) is 24.9 Å². The van der Waals surface area contributed by atoms with Gasteiger partial charge >= 0.3 is 5.97 Å². The lowest BCUT2D eigenvalue weighted by Crippen LogP contribution is -2.17. The van der Waals surface area contributed by atoms with Crippen molar-refractivity contribution in [2.24, 2.45) is 5.10 Å². The third-order valence-corrected chi connectivity index (χ3v) is 5.00. The molecule has 0 aliphatic carbocycles. The number of hydrogen-bond acceptors (Lipinski definition) is 6. The van der Waals surface area contributed by atoms with Gasteiger partial charge < -0.3 is 14.2 Å². The van der Waals surface area contributed by atoms with E-state index in [0.717, 1.165) is 4.47 Å². The molecule has 0 fully saturated rings. The van der Waals surface area contributed by atoms with Crippen LogP contribution in [0.5, 0.6) is 17.2 Å². The molecule has 0 saturated carbocycles. The van der Waals surface area contributed by atoms with E-state index in [0.29, 0.717) is 33.2 Å². The minimum absolute atomic E-state index is 0.124. The van der Waals surface area contributed by atoms with E-state index in [1.54, 1.807) is 60.7 Å². The molecular weight excluding hydrogens is 488 g/mol. The summed E-state index contributed by atoms with van der Waals surface area (Å²) >= 11 is 9.22. The van der Waals surface area contributed by atoms with Gasteiger partial charge in [0.05, 0.1) is 11.8 Å². The number of carbonyl (C=O) groups is 2. The Balaban J connectivity index is 1.47. The largest absolute Gasteiger partial charge is 0.454 e. The third kappa shape index (κ3) is 5.04. The molecule has 4 rings (SSSR count). The van der Waals surface area contributed by atoms with Crippen molar-refractivity contribution in [1.82, 2.24) is 5.43 Å². The SMILES string of the molecule is O=C(N/N=C\c1cc(Br)ccc1OC(=O)c1ccc(Cl)cc1)c1ccc2c(c1)OCO2. The van der Waals surface area contributed by atoms with E-state index >= 15 is 0 Å². The molecule has 3 aromatic rings. The fraction of sp³-hybridized carbons (Fsp3) is 0.0455. The Bertz CT molecular complexity index is 1180. The highest BCUT2D eigenvalue weighted by Crippen LogP contribution is 2.32. The molecule has 7 nitrogen and oxygen atoms in total. The maximum Gasteiger partial charge on any atom is 0.343 e. The molecule has 156 valence electrons. The number of amides is 1. The first-order valence-corrected chi connectivity index (χ1v) is 10.2. The van der Waals surface area contributed by atoms with Gasteiger partial charge in [0.1, 0.15) is 5.75 Å². The molecule has 9 heteroatoms. The molecule has 1 aliphatic heterocycles. The molecule has 31 heavy (non-hydrogen) atoms. The number of benzene rings is 3. The topological polar surface area (TPSA) is 86.2 Å². The maximum atomic E-state index is 12.4. The summed E-state index contributed by atoms with van der Waals surface area (Å²) in [5, 5.41) is 4.50. The molecule has 0 atom stereocenters. The first-order valence-electron chi connectivity index (χ1n) is 9.00. The zero-order valence-electron chi connectivity index (χ0n) is 15.8. The van der Waals surface area contributed by atoms with E-state index in [2.05, 4.69) is 26.5 Å². The van der Waals surface area contributed by atoms with Gasteiger partial charge in [0.15, 0.2) is 11.5 Å². The van der Waals surface area contributed by atoms with Gasteiger partial charge in [-0.05, 0) is 60.7 Å². The van der Waals surface area contributed by atoms with Crippen molar-refractivity contribution < 1.29 is 23.8 Å². The minimum atomic E-state index is -0.543. The molecular formula is C22H14BrClN2O5. The molecule has 3 aromatic carbocycles. The average molecular weight is 502 g/mol. The molecule has 0 bridgehead atoms. The third-order valence-electron chi connectivity index (χ3n) is 4.26. The Labute approximate surface area is 190 Å². The molecule has 1 N–H and O–H groups in total. The van der Waals surface area contributed by atoms with Crippen LogP contribution in [-0.2, 0) is 0 Å². The van der Waals surface area contributed by atoms with Crippen LogP contribution >= 0.6 is 27.5 Å². The van der Waals surface area contributed by atoms with Gasteiger partial charge in [-0.15, -0.1) is 0 Å². The lowest BCUT2D eigenvalue weighted by molar-refractivity contribution is 0.0734. The number of hydrazone groups is 1. The Morgan fingerprint density at radius 2 is 1.74 bits per heavy atom. The average Bonchev–Trinajstić information content (AvgIpc) is 3.23. The highest BCUT2D eigenvalue weighted by Gasteiger charge is 2.16. The predicted molar refractivity (Wildman–Crippen MR) is 118 cm³/mol. The van der Waals surface area contributed by atoms with Crippen molar-refractivity contribution in [3.05, 3.63) is 86.8 Å². The van der Waals surface area contributed by atoms with Crippen LogP contribution in [0.4, 0.5) is 0 Å². The summed E-state index contributed by atoms with van der Waals surface area (Å²) in [6.07, 6.45) is 1.39. The van der Waals surface area contributed by atoms with Crippen LogP contribution in [0, 0.1) is 0 Å². The summed E-state index contributed by atoms with van der Waals surface area (Å²) < 4.78 is 16.7. The van der Waals surface area contributed by atoms with Crippen LogP contribution in [0.15, 0.2) is 70.2 Å². The van der Waals surface area contributed by atoms with Gasteiger partial charge in [0.25, 0.3) is 5.91 Å². The molecule has 0 aromatic heterocycles. The summed E-state index contributed by atoms with van der Waals surface area (Å²) in [5.74, 6) is 0.396. The summed E-state index contributed by atoms with van der Waals surface area (Å²) in [6.45, 7) is 0.124. The van der Waals surface area contributed by atoms with Crippen molar-refractivity contribution in [2.45, 2.75) is 0 Å². The lowest BCUT2D eigenvalue weighted by atomic mass is 10.2. The smallest absolute Gasteiger partial charge is 0.343 e.